The first-order valence-corrected chi connectivity index (χ1v) is 12.3. The first-order chi connectivity index (χ1) is 19.1. The number of aromatic nitrogens is 1. The standard InChI is InChI=1S/C29H23F3N4O4/c1-15-11-19-22(12-18(15)26(37)33-2)34-10-7-24(19)40-25-14-20(31)23(13-21(25)32)36-28(39)29(8-9-29)27(38)35-17-5-3-16(30)4-6-17/h3-7,10-14H,8-9H2,1-2H3,(H,33,37)(H,35,38)(H,36,39). The van der Waals surface area contributed by atoms with E-state index in [9.17, 15) is 23.2 Å². The van der Waals surface area contributed by atoms with Crippen LogP contribution in [0.4, 0.5) is 24.5 Å². The van der Waals surface area contributed by atoms with Gasteiger partial charge in [-0.05, 0) is 67.8 Å². The molecule has 3 N–H and O–H groups in total. The van der Waals surface area contributed by atoms with Crippen molar-refractivity contribution < 1.29 is 32.3 Å². The van der Waals surface area contributed by atoms with Gasteiger partial charge in [0.25, 0.3) is 5.91 Å². The number of rotatable bonds is 7. The van der Waals surface area contributed by atoms with Gasteiger partial charge in [0, 0.05) is 42.0 Å². The number of carbonyl (C=O) groups is 3. The van der Waals surface area contributed by atoms with E-state index in [2.05, 4.69) is 20.9 Å². The van der Waals surface area contributed by atoms with Gasteiger partial charge in [0.2, 0.25) is 11.8 Å². The van der Waals surface area contributed by atoms with Crippen LogP contribution in [0.1, 0.15) is 28.8 Å². The number of aryl methyl sites for hydroxylation is 1. The molecule has 3 aromatic carbocycles. The van der Waals surface area contributed by atoms with Gasteiger partial charge in [-0.3, -0.25) is 19.4 Å². The molecule has 1 aromatic heterocycles. The number of fused-ring (bicyclic) bond motifs is 1. The van der Waals surface area contributed by atoms with Crippen LogP contribution in [0.5, 0.6) is 11.5 Å². The number of anilines is 2. The van der Waals surface area contributed by atoms with E-state index in [4.69, 9.17) is 4.74 Å². The number of hydrogen-bond acceptors (Lipinski definition) is 5. The molecule has 40 heavy (non-hydrogen) atoms. The van der Waals surface area contributed by atoms with Crippen molar-refractivity contribution in [3.63, 3.8) is 0 Å². The summed E-state index contributed by atoms with van der Waals surface area (Å²) in [6.45, 7) is 1.73. The summed E-state index contributed by atoms with van der Waals surface area (Å²) in [5, 5.41) is 7.88. The fraction of sp³-hybridized carbons (Fsp3) is 0.172. The zero-order valence-corrected chi connectivity index (χ0v) is 21.4. The number of nitrogens with zero attached hydrogens (tertiary/aromatic N) is 1. The van der Waals surface area contributed by atoms with Crippen LogP contribution in [0.3, 0.4) is 0 Å². The fourth-order valence-corrected chi connectivity index (χ4v) is 4.27. The Kier molecular flexibility index (Phi) is 6.88. The Hall–Kier alpha value is -4.93. The second kappa shape index (κ2) is 10.3. The molecule has 0 saturated heterocycles. The lowest BCUT2D eigenvalue weighted by atomic mass is 10.0. The quantitative estimate of drug-likeness (QED) is 0.266. The van der Waals surface area contributed by atoms with E-state index in [-0.39, 0.29) is 24.5 Å². The zero-order valence-electron chi connectivity index (χ0n) is 21.4. The van der Waals surface area contributed by atoms with Crippen LogP contribution >= 0.6 is 0 Å². The van der Waals surface area contributed by atoms with Gasteiger partial charge in [-0.15, -0.1) is 0 Å². The predicted molar refractivity (Wildman–Crippen MR) is 142 cm³/mol. The van der Waals surface area contributed by atoms with Crippen molar-refractivity contribution in [1.82, 2.24) is 10.3 Å². The molecule has 1 heterocycles. The first-order valence-electron chi connectivity index (χ1n) is 12.3. The highest BCUT2D eigenvalue weighted by atomic mass is 19.1. The number of carbonyl (C=O) groups excluding carboxylic acids is 3. The number of nitrogens with one attached hydrogen (secondary N) is 3. The molecule has 0 aliphatic heterocycles. The molecule has 3 amide bonds. The Morgan fingerprint density at radius 1 is 0.875 bits per heavy atom. The van der Waals surface area contributed by atoms with Gasteiger partial charge < -0.3 is 20.7 Å². The molecular formula is C29H23F3N4O4. The average Bonchev–Trinajstić information content (AvgIpc) is 3.75. The fourth-order valence-electron chi connectivity index (χ4n) is 4.27. The number of amides is 3. The van der Waals surface area contributed by atoms with Crippen molar-refractivity contribution >= 4 is 40.0 Å². The Bertz CT molecular complexity index is 1670. The van der Waals surface area contributed by atoms with Crippen LogP contribution in [0.2, 0.25) is 0 Å². The molecule has 0 atom stereocenters. The summed E-state index contributed by atoms with van der Waals surface area (Å²) < 4.78 is 48.8. The van der Waals surface area contributed by atoms with Crippen LogP contribution in [-0.2, 0) is 9.59 Å². The summed E-state index contributed by atoms with van der Waals surface area (Å²) in [5.41, 5.74) is -0.147. The minimum absolute atomic E-state index is 0.182. The number of benzene rings is 3. The Balaban J connectivity index is 1.35. The molecule has 0 bridgehead atoms. The van der Waals surface area contributed by atoms with Gasteiger partial charge in [-0.1, -0.05) is 0 Å². The molecule has 204 valence electrons. The molecule has 0 spiro atoms. The van der Waals surface area contributed by atoms with E-state index in [0.29, 0.717) is 27.7 Å². The molecule has 1 aliphatic rings. The van der Waals surface area contributed by atoms with Crippen molar-refractivity contribution in [2.75, 3.05) is 17.7 Å². The summed E-state index contributed by atoms with van der Waals surface area (Å²) >= 11 is 0. The lowest BCUT2D eigenvalue weighted by Gasteiger charge is -2.17. The van der Waals surface area contributed by atoms with Crippen molar-refractivity contribution in [2.24, 2.45) is 5.41 Å². The van der Waals surface area contributed by atoms with Crippen molar-refractivity contribution in [3.05, 3.63) is 89.4 Å². The van der Waals surface area contributed by atoms with Crippen molar-refractivity contribution in [1.29, 1.82) is 0 Å². The highest BCUT2D eigenvalue weighted by molar-refractivity contribution is 6.17. The van der Waals surface area contributed by atoms with E-state index >= 15 is 4.39 Å². The molecule has 8 nitrogen and oxygen atoms in total. The Morgan fingerprint density at radius 2 is 1.57 bits per heavy atom. The predicted octanol–water partition coefficient (Wildman–Crippen LogP) is 5.47. The third-order valence-electron chi connectivity index (χ3n) is 6.73. The monoisotopic (exact) mass is 548 g/mol. The topological polar surface area (TPSA) is 109 Å². The molecule has 11 heteroatoms. The smallest absolute Gasteiger partial charge is 0.251 e. The van der Waals surface area contributed by atoms with Crippen LogP contribution in [0.25, 0.3) is 10.9 Å². The molecule has 4 aromatic rings. The Morgan fingerprint density at radius 3 is 2.25 bits per heavy atom. The van der Waals surface area contributed by atoms with Crippen molar-refractivity contribution in [2.45, 2.75) is 19.8 Å². The summed E-state index contributed by atoms with van der Waals surface area (Å²) in [5.74, 6) is -4.38. The highest BCUT2D eigenvalue weighted by Gasteiger charge is 2.56. The van der Waals surface area contributed by atoms with E-state index < -0.39 is 46.1 Å². The molecule has 1 fully saturated rings. The van der Waals surface area contributed by atoms with Gasteiger partial charge in [0.15, 0.2) is 17.4 Å². The number of ether oxygens (including phenoxy) is 1. The minimum atomic E-state index is -1.45. The van der Waals surface area contributed by atoms with E-state index in [0.717, 1.165) is 24.3 Å². The normalized spacial score (nSPS) is 13.4. The molecular weight excluding hydrogens is 525 g/mol. The van der Waals surface area contributed by atoms with Gasteiger partial charge in [0.1, 0.15) is 17.0 Å². The summed E-state index contributed by atoms with van der Waals surface area (Å²) in [7, 11) is 1.51. The molecule has 0 radical (unpaired) electrons. The van der Waals surface area contributed by atoms with E-state index in [1.165, 1.54) is 31.4 Å². The summed E-state index contributed by atoms with van der Waals surface area (Å²) in [4.78, 5) is 42.0. The number of hydrogen-bond donors (Lipinski definition) is 3. The second-order valence-electron chi connectivity index (χ2n) is 9.43. The van der Waals surface area contributed by atoms with E-state index in [1.54, 1.807) is 19.1 Å². The first kappa shape index (κ1) is 26.7. The van der Waals surface area contributed by atoms with Crippen LogP contribution in [0, 0.1) is 29.8 Å². The van der Waals surface area contributed by atoms with Crippen LogP contribution < -0.4 is 20.7 Å². The van der Waals surface area contributed by atoms with Crippen molar-refractivity contribution in [3.8, 4) is 11.5 Å². The lowest BCUT2D eigenvalue weighted by molar-refractivity contribution is -0.131. The highest BCUT2D eigenvalue weighted by Crippen LogP contribution is 2.48. The van der Waals surface area contributed by atoms with Gasteiger partial charge in [-0.25, -0.2) is 13.2 Å². The Labute approximate surface area is 226 Å². The molecule has 1 saturated carbocycles. The minimum Gasteiger partial charge on any atom is -0.453 e. The van der Waals surface area contributed by atoms with Crippen LogP contribution in [-0.4, -0.2) is 29.8 Å². The number of halogens is 3. The van der Waals surface area contributed by atoms with Gasteiger partial charge in [-0.2, -0.15) is 0 Å². The van der Waals surface area contributed by atoms with E-state index in [1.807, 2.05) is 0 Å². The summed E-state index contributed by atoms with van der Waals surface area (Å²) in [6.07, 6.45) is 1.84. The summed E-state index contributed by atoms with van der Waals surface area (Å²) in [6, 6.07) is 11.3. The van der Waals surface area contributed by atoms with Gasteiger partial charge in [0.05, 0.1) is 11.2 Å². The lowest BCUT2D eigenvalue weighted by Crippen LogP contribution is -2.35. The second-order valence-corrected chi connectivity index (χ2v) is 9.43. The number of pyridine rings is 1. The maximum atomic E-state index is 15.0. The molecule has 0 unspecified atom stereocenters. The van der Waals surface area contributed by atoms with Gasteiger partial charge >= 0.3 is 0 Å². The molecule has 5 rings (SSSR count). The maximum absolute atomic E-state index is 15.0. The zero-order chi connectivity index (χ0) is 28.6. The third-order valence-corrected chi connectivity index (χ3v) is 6.73. The van der Waals surface area contributed by atoms with Crippen LogP contribution in [0.15, 0.2) is 60.8 Å². The third kappa shape index (κ3) is 5.05. The molecule has 1 aliphatic carbocycles. The maximum Gasteiger partial charge on any atom is 0.251 e. The SMILES string of the molecule is CNC(=O)c1cc2nccc(Oc3cc(F)c(NC(=O)C4(C(=O)Nc5ccc(F)cc5)CC4)cc3F)c2cc1C. The largest absolute Gasteiger partial charge is 0.453 e. The average molecular weight is 549 g/mol.